The van der Waals surface area contributed by atoms with Crippen molar-refractivity contribution in [1.29, 1.82) is 0 Å². The molecule has 0 spiro atoms. The second kappa shape index (κ2) is 8.24. The van der Waals surface area contributed by atoms with Crippen LogP contribution in [0.5, 0.6) is 11.5 Å². The van der Waals surface area contributed by atoms with Crippen LogP contribution in [0.4, 0.5) is 5.69 Å². The van der Waals surface area contributed by atoms with Gasteiger partial charge in [-0.2, -0.15) is 0 Å². The third-order valence-electron chi connectivity index (χ3n) is 4.43. The molecular weight excluding hydrogens is 306 g/mol. The van der Waals surface area contributed by atoms with Gasteiger partial charge in [0.1, 0.15) is 0 Å². The van der Waals surface area contributed by atoms with Gasteiger partial charge in [0.25, 0.3) is 0 Å². The van der Waals surface area contributed by atoms with Crippen LogP contribution >= 0.6 is 0 Å². The van der Waals surface area contributed by atoms with Crippen LogP contribution < -0.4 is 20.5 Å². The smallest absolute Gasteiger partial charge is 0.193 e. The lowest BCUT2D eigenvalue weighted by molar-refractivity contribution is 0.00148. The van der Waals surface area contributed by atoms with Gasteiger partial charge in [0.05, 0.1) is 19.3 Å². The van der Waals surface area contributed by atoms with E-state index >= 15 is 0 Å². The summed E-state index contributed by atoms with van der Waals surface area (Å²) in [6.45, 7) is 5.09. The lowest BCUT2D eigenvalue weighted by Gasteiger charge is -2.26. The Labute approximate surface area is 143 Å². The SMILES string of the molecule is CC1CC(CCN=C(N)Nc2ccc3c(c2)OCCCO3)CCO1. The Kier molecular flexibility index (Phi) is 5.80. The van der Waals surface area contributed by atoms with E-state index in [1.165, 1.54) is 0 Å². The highest BCUT2D eigenvalue weighted by atomic mass is 16.5. The van der Waals surface area contributed by atoms with Crippen molar-refractivity contribution in [3.05, 3.63) is 18.2 Å². The van der Waals surface area contributed by atoms with Crippen LogP contribution in [0.3, 0.4) is 0 Å². The molecule has 1 fully saturated rings. The summed E-state index contributed by atoms with van der Waals surface area (Å²) in [6.07, 6.45) is 4.55. The second-order valence-electron chi connectivity index (χ2n) is 6.46. The first kappa shape index (κ1) is 16.9. The number of rotatable bonds is 4. The molecule has 0 radical (unpaired) electrons. The Balaban J connectivity index is 1.50. The third-order valence-corrected chi connectivity index (χ3v) is 4.43. The highest BCUT2D eigenvalue weighted by Gasteiger charge is 2.18. The molecule has 2 aliphatic heterocycles. The molecule has 0 aromatic heterocycles. The van der Waals surface area contributed by atoms with Gasteiger partial charge in [0, 0.05) is 31.3 Å². The van der Waals surface area contributed by atoms with Gasteiger partial charge >= 0.3 is 0 Å². The fourth-order valence-corrected chi connectivity index (χ4v) is 3.15. The summed E-state index contributed by atoms with van der Waals surface area (Å²) >= 11 is 0. The van der Waals surface area contributed by atoms with E-state index in [4.69, 9.17) is 19.9 Å². The summed E-state index contributed by atoms with van der Waals surface area (Å²) in [5, 5.41) is 3.13. The highest BCUT2D eigenvalue weighted by Crippen LogP contribution is 2.32. The fourth-order valence-electron chi connectivity index (χ4n) is 3.15. The van der Waals surface area contributed by atoms with Gasteiger partial charge in [-0.3, -0.25) is 4.99 Å². The molecule has 1 aromatic carbocycles. The van der Waals surface area contributed by atoms with E-state index in [0.29, 0.717) is 31.2 Å². The summed E-state index contributed by atoms with van der Waals surface area (Å²) < 4.78 is 16.9. The number of hydrogen-bond acceptors (Lipinski definition) is 4. The Morgan fingerprint density at radius 1 is 1.25 bits per heavy atom. The fraction of sp³-hybridized carbons (Fsp3) is 0.611. The molecule has 132 valence electrons. The number of anilines is 1. The van der Waals surface area contributed by atoms with E-state index in [1.807, 2.05) is 18.2 Å². The Bertz CT molecular complexity index is 577. The van der Waals surface area contributed by atoms with E-state index in [9.17, 15) is 0 Å². The van der Waals surface area contributed by atoms with Crippen molar-refractivity contribution in [2.45, 2.75) is 38.7 Å². The predicted molar refractivity (Wildman–Crippen MR) is 94.9 cm³/mol. The van der Waals surface area contributed by atoms with Gasteiger partial charge in [-0.25, -0.2) is 0 Å². The molecule has 0 amide bonds. The van der Waals surface area contributed by atoms with Crippen molar-refractivity contribution < 1.29 is 14.2 Å². The van der Waals surface area contributed by atoms with Crippen LogP contribution in [-0.2, 0) is 4.74 Å². The molecule has 3 N–H and O–H groups in total. The number of nitrogens with zero attached hydrogens (tertiary/aromatic N) is 1. The van der Waals surface area contributed by atoms with Gasteiger partial charge < -0.3 is 25.3 Å². The molecule has 3 rings (SSSR count). The third kappa shape index (κ3) is 4.77. The molecule has 6 heteroatoms. The normalized spacial score (nSPS) is 24.3. The number of benzene rings is 1. The van der Waals surface area contributed by atoms with E-state index in [0.717, 1.165) is 56.0 Å². The lowest BCUT2D eigenvalue weighted by Crippen LogP contribution is -2.25. The van der Waals surface area contributed by atoms with Crippen LogP contribution in [0.1, 0.15) is 32.6 Å². The number of ether oxygens (including phenoxy) is 3. The molecule has 2 atom stereocenters. The molecular formula is C18H27N3O3. The summed E-state index contributed by atoms with van der Waals surface area (Å²) in [5.74, 6) is 2.65. The maximum absolute atomic E-state index is 6.00. The Morgan fingerprint density at radius 3 is 2.92 bits per heavy atom. The first-order valence-corrected chi connectivity index (χ1v) is 8.79. The topological polar surface area (TPSA) is 78.1 Å². The summed E-state index contributed by atoms with van der Waals surface area (Å²) in [5.41, 5.74) is 6.86. The summed E-state index contributed by atoms with van der Waals surface area (Å²) in [6, 6.07) is 5.74. The molecule has 2 unspecified atom stereocenters. The van der Waals surface area contributed by atoms with Crippen LogP contribution in [0.15, 0.2) is 23.2 Å². The average Bonchev–Trinajstić information content (AvgIpc) is 2.80. The Morgan fingerprint density at radius 2 is 2.08 bits per heavy atom. The zero-order valence-electron chi connectivity index (χ0n) is 14.3. The molecule has 0 aliphatic carbocycles. The quantitative estimate of drug-likeness (QED) is 0.654. The molecule has 2 aliphatic rings. The molecule has 24 heavy (non-hydrogen) atoms. The van der Waals surface area contributed by atoms with Crippen molar-refractivity contribution >= 4 is 11.6 Å². The van der Waals surface area contributed by atoms with E-state index in [1.54, 1.807) is 0 Å². The average molecular weight is 333 g/mol. The van der Waals surface area contributed by atoms with Gasteiger partial charge in [0.15, 0.2) is 17.5 Å². The van der Waals surface area contributed by atoms with Crippen molar-refractivity contribution in [1.82, 2.24) is 0 Å². The van der Waals surface area contributed by atoms with Crippen molar-refractivity contribution in [2.24, 2.45) is 16.6 Å². The van der Waals surface area contributed by atoms with Crippen LogP contribution in [0, 0.1) is 5.92 Å². The van der Waals surface area contributed by atoms with Gasteiger partial charge in [0.2, 0.25) is 0 Å². The zero-order chi connectivity index (χ0) is 16.8. The number of fused-ring (bicyclic) bond motifs is 1. The molecule has 1 saturated heterocycles. The first-order chi connectivity index (χ1) is 11.7. The second-order valence-corrected chi connectivity index (χ2v) is 6.46. The Hall–Kier alpha value is -1.95. The molecule has 6 nitrogen and oxygen atoms in total. The molecule has 0 bridgehead atoms. The van der Waals surface area contributed by atoms with Crippen LogP contribution in [-0.4, -0.2) is 38.4 Å². The van der Waals surface area contributed by atoms with Gasteiger partial charge in [-0.1, -0.05) is 0 Å². The van der Waals surface area contributed by atoms with E-state index in [-0.39, 0.29) is 0 Å². The minimum absolute atomic E-state index is 0.366. The van der Waals surface area contributed by atoms with Gasteiger partial charge in [-0.15, -0.1) is 0 Å². The number of hydrogen-bond donors (Lipinski definition) is 2. The lowest BCUT2D eigenvalue weighted by atomic mass is 9.93. The highest BCUT2D eigenvalue weighted by molar-refractivity contribution is 5.92. The zero-order valence-corrected chi connectivity index (χ0v) is 14.3. The summed E-state index contributed by atoms with van der Waals surface area (Å²) in [7, 11) is 0. The largest absolute Gasteiger partial charge is 0.490 e. The summed E-state index contributed by atoms with van der Waals surface area (Å²) in [4.78, 5) is 4.44. The van der Waals surface area contributed by atoms with Crippen LogP contribution in [0.2, 0.25) is 0 Å². The van der Waals surface area contributed by atoms with Crippen LogP contribution in [0.25, 0.3) is 0 Å². The molecule has 1 aromatic rings. The maximum atomic E-state index is 6.00. The molecule has 2 heterocycles. The number of aliphatic imine (C=N–C) groups is 1. The van der Waals surface area contributed by atoms with Crippen molar-refractivity contribution in [2.75, 3.05) is 31.7 Å². The standard InChI is InChI=1S/C18H27N3O3/c1-13-11-14(6-10-22-13)5-7-20-18(19)21-15-3-4-16-17(12-15)24-9-2-8-23-16/h3-4,12-14H,2,5-11H2,1H3,(H3,19,20,21). The number of nitrogens with one attached hydrogen (secondary N) is 1. The maximum Gasteiger partial charge on any atom is 0.193 e. The first-order valence-electron chi connectivity index (χ1n) is 8.79. The van der Waals surface area contributed by atoms with E-state index < -0.39 is 0 Å². The van der Waals surface area contributed by atoms with Crippen molar-refractivity contribution in [3.8, 4) is 11.5 Å². The molecule has 0 saturated carbocycles. The minimum Gasteiger partial charge on any atom is -0.490 e. The number of nitrogens with two attached hydrogens (primary N) is 1. The van der Waals surface area contributed by atoms with Gasteiger partial charge in [-0.05, 0) is 44.2 Å². The van der Waals surface area contributed by atoms with Crippen molar-refractivity contribution in [3.63, 3.8) is 0 Å². The predicted octanol–water partition coefficient (Wildman–Crippen LogP) is 2.78. The monoisotopic (exact) mass is 333 g/mol. The number of guanidine groups is 1. The minimum atomic E-state index is 0.366. The van der Waals surface area contributed by atoms with E-state index in [2.05, 4.69) is 17.2 Å².